The number of amides is 1. The van der Waals surface area contributed by atoms with Crippen molar-refractivity contribution < 1.29 is 4.79 Å². The summed E-state index contributed by atoms with van der Waals surface area (Å²) in [6.45, 7) is 2.42. The van der Waals surface area contributed by atoms with Crippen LogP contribution < -0.4 is 0 Å². The second-order valence-electron chi connectivity index (χ2n) is 2.98. The fraction of sp³-hybridized carbons (Fsp3) is 0.444. The van der Waals surface area contributed by atoms with E-state index < -0.39 is 0 Å². The number of halogens is 2. The van der Waals surface area contributed by atoms with E-state index in [4.69, 9.17) is 23.2 Å². The predicted octanol–water partition coefficient (Wildman–Crippen LogP) is 3.02. The Labute approximate surface area is 97.4 Å². The van der Waals surface area contributed by atoms with Crippen LogP contribution in [-0.4, -0.2) is 30.3 Å². The van der Waals surface area contributed by atoms with E-state index in [9.17, 15) is 4.79 Å². The van der Waals surface area contributed by atoms with Crippen molar-refractivity contribution in [3.8, 4) is 0 Å². The van der Waals surface area contributed by atoms with Crippen LogP contribution >= 0.6 is 34.5 Å². The second-order valence-corrected chi connectivity index (χ2v) is 4.61. The van der Waals surface area contributed by atoms with Gasteiger partial charge in [-0.25, -0.2) is 0 Å². The van der Waals surface area contributed by atoms with Crippen molar-refractivity contribution in [1.82, 2.24) is 4.90 Å². The van der Waals surface area contributed by atoms with E-state index in [-0.39, 0.29) is 5.91 Å². The van der Waals surface area contributed by atoms with Crippen molar-refractivity contribution in [3.63, 3.8) is 0 Å². The molecular weight excluding hydrogens is 241 g/mol. The maximum absolute atomic E-state index is 11.8. The summed E-state index contributed by atoms with van der Waals surface area (Å²) in [7, 11) is 1.72. The Kier molecular flexibility index (Phi) is 4.23. The lowest BCUT2D eigenvalue weighted by atomic mass is 10.3. The van der Waals surface area contributed by atoms with E-state index in [0.29, 0.717) is 22.3 Å². The standard InChI is InChI=1S/C9H11Cl2NOS/c1-6-5-14-8(7(6)11)9(13)12(2)4-3-10/h5H,3-4H2,1-2H3. The van der Waals surface area contributed by atoms with Crippen LogP contribution in [0.2, 0.25) is 5.02 Å². The highest BCUT2D eigenvalue weighted by molar-refractivity contribution is 7.13. The molecule has 0 aliphatic rings. The molecule has 0 aromatic carbocycles. The molecule has 5 heteroatoms. The van der Waals surface area contributed by atoms with Crippen molar-refractivity contribution in [2.75, 3.05) is 19.5 Å². The van der Waals surface area contributed by atoms with E-state index in [1.807, 2.05) is 12.3 Å². The molecular formula is C9H11Cl2NOS. The Hall–Kier alpha value is -0.250. The quantitative estimate of drug-likeness (QED) is 0.757. The van der Waals surface area contributed by atoms with Crippen molar-refractivity contribution in [3.05, 3.63) is 20.8 Å². The van der Waals surface area contributed by atoms with E-state index >= 15 is 0 Å². The summed E-state index contributed by atoms with van der Waals surface area (Å²) in [6.07, 6.45) is 0. The highest BCUT2D eigenvalue weighted by Gasteiger charge is 2.17. The van der Waals surface area contributed by atoms with Crippen LogP contribution in [0.4, 0.5) is 0 Å². The zero-order valence-corrected chi connectivity index (χ0v) is 10.3. The van der Waals surface area contributed by atoms with Gasteiger partial charge in [0.15, 0.2) is 0 Å². The van der Waals surface area contributed by atoms with Gasteiger partial charge in [-0.3, -0.25) is 4.79 Å². The molecule has 0 fully saturated rings. The highest BCUT2D eigenvalue weighted by atomic mass is 35.5. The molecule has 2 nitrogen and oxygen atoms in total. The number of carbonyl (C=O) groups excluding carboxylic acids is 1. The molecule has 0 saturated heterocycles. The number of hydrogen-bond acceptors (Lipinski definition) is 2. The van der Waals surface area contributed by atoms with E-state index in [1.165, 1.54) is 11.3 Å². The summed E-state index contributed by atoms with van der Waals surface area (Å²) < 4.78 is 0. The summed E-state index contributed by atoms with van der Waals surface area (Å²) in [5, 5.41) is 2.44. The fourth-order valence-corrected chi connectivity index (χ4v) is 2.50. The van der Waals surface area contributed by atoms with E-state index in [0.717, 1.165) is 5.56 Å². The average molecular weight is 252 g/mol. The molecule has 0 atom stereocenters. The number of aryl methyl sites for hydroxylation is 1. The van der Waals surface area contributed by atoms with E-state index in [1.54, 1.807) is 11.9 Å². The van der Waals surface area contributed by atoms with Crippen LogP contribution in [-0.2, 0) is 0 Å². The van der Waals surface area contributed by atoms with Gasteiger partial charge >= 0.3 is 0 Å². The summed E-state index contributed by atoms with van der Waals surface area (Å²) in [6, 6.07) is 0. The molecule has 0 N–H and O–H groups in total. The first-order valence-electron chi connectivity index (χ1n) is 4.13. The van der Waals surface area contributed by atoms with E-state index in [2.05, 4.69) is 0 Å². The van der Waals surface area contributed by atoms with Gasteiger partial charge in [0, 0.05) is 19.5 Å². The maximum atomic E-state index is 11.8. The molecule has 1 amide bonds. The number of rotatable bonds is 3. The van der Waals surface area contributed by atoms with Gasteiger partial charge in [-0.2, -0.15) is 0 Å². The minimum absolute atomic E-state index is 0.0613. The summed E-state index contributed by atoms with van der Waals surface area (Å²) >= 11 is 12.9. The van der Waals surface area contributed by atoms with Gasteiger partial charge in [0.2, 0.25) is 0 Å². The van der Waals surface area contributed by atoms with Crippen LogP contribution in [0.3, 0.4) is 0 Å². The smallest absolute Gasteiger partial charge is 0.265 e. The molecule has 1 rings (SSSR count). The van der Waals surface area contributed by atoms with Crippen LogP contribution in [0.25, 0.3) is 0 Å². The van der Waals surface area contributed by atoms with Gasteiger partial charge < -0.3 is 4.90 Å². The second kappa shape index (κ2) is 5.01. The van der Waals surface area contributed by atoms with Gasteiger partial charge in [-0.15, -0.1) is 22.9 Å². The first-order chi connectivity index (χ1) is 6.57. The third-order valence-corrected chi connectivity index (χ3v) is 3.71. The SMILES string of the molecule is Cc1csc(C(=O)N(C)CCCl)c1Cl. The van der Waals surface area contributed by atoms with Crippen LogP contribution in [0.5, 0.6) is 0 Å². The number of nitrogens with zero attached hydrogens (tertiary/aromatic N) is 1. The molecule has 0 aliphatic heterocycles. The maximum Gasteiger partial charge on any atom is 0.265 e. The molecule has 1 aromatic rings. The lowest BCUT2D eigenvalue weighted by Gasteiger charge is -2.14. The molecule has 1 aromatic heterocycles. The van der Waals surface area contributed by atoms with Crippen molar-refractivity contribution in [1.29, 1.82) is 0 Å². The minimum atomic E-state index is -0.0613. The zero-order valence-electron chi connectivity index (χ0n) is 8.01. The zero-order chi connectivity index (χ0) is 10.7. The average Bonchev–Trinajstić information content (AvgIpc) is 2.47. The largest absolute Gasteiger partial charge is 0.340 e. The summed E-state index contributed by atoms with van der Waals surface area (Å²) in [5.74, 6) is 0.373. The molecule has 0 radical (unpaired) electrons. The lowest BCUT2D eigenvalue weighted by Crippen LogP contribution is -2.28. The van der Waals surface area contributed by atoms with Crippen LogP contribution in [0.15, 0.2) is 5.38 Å². The highest BCUT2D eigenvalue weighted by Crippen LogP contribution is 2.27. The fourth-order valence-electron chi connectivity index (χ4n) is 0.976. The van der Waals surface area contributed by atoms with Crippen LogP contribution in [0, 0.1) is 6.92 Å². The monoisotopic (exact) mass is 251 g/mol. The van der Waals surface area contributed by atoms with Gasteiger partial charge in [0.25, 0.3) is 5.91 Å². The molecule has 0 aliphatic carbocycles. The third kappa shape index (κ3) is 2.41. The van der Waals surface area contributed by atoms with Gasteiger partial charge in [-0.05, 0) is 17.9 Å². The van der Waals surface area contributed by atoms with Crippen LogP contribution in [0.1, 0.15) is 15.2 Å². The van der Waals surface area contributed by atoms with Crippen molar-refractivity contribution in [2.45, 2.75) is 6.92 Å². The Morgan fingerprint density at radius 3 is 2.71 bits per heavy atom. The number of alkyl halides is 1. The third-order valence-electron chi connectivity index (χ3n) is 1.86. The normalized spacial score (nSPS) is 10.3. The van der Waals surface area contributed by atoms with Gasteiger partial charge in [0.05, 0.1) is 5.02 Å². The Morgan fingerprint density at radius 1 is 1.64 bits per heavy atom. The lowest BCUT2D eigenvalue weighted by molar-refractivity contribution is 0.0808. The molecule has 78 valence electrons. The molecule has 0 unspecified atom stereocenters. The Bertz CT molecular complexity index is 338. The van der Waals surface area contributed by atoms with Crippen molar-refractivity contribution >= 4 is 40.4 Å². The topological polar surface area (TPSA) is 20.3 Å². The Balaban J connectivity index is 2.84. The minimum Gasteiger partial charge on any atom is -0.340 e. The first kappa shape index (κ1) is 11.8. The first-order valence-corrected chi connectivity index (χ1v) is 5.92. The van der Waals surface area contributed by atoms with Gasteiger partial charge in [0.1, 0.15) is 4.88 Å². The summed E-state index contributed by atoms with van der Waals surface area (Å²) in [5.41, 5.74) is 0.944. The van der Waals surface area contributed by atoms with Gasteiger partial charge in [-0.1, -0.05) is 11.6 Å². The Morgan fingerprint density at radius 2 is 2.29 bits per heavy atom. The molecule has 0 bridgehead atoms. The molecule has 1 heterocycles. The number of hydrogen-bond donors (Lipinski definition) is 0. The number of thiophene rings is 1. The molecule has 0 saturated carbocycles. The predicted molar refractivity (Wildman–Crippen MR) is 61.7 cm³/mol. The number of carbonyl (C=O) groups is 1. The van der Waals surface area contributed by atoms with Crippen molar-refractivity contribution in [2.24, 2.45) is 0 Å². The molecule has 14 heavy (non-hydrogen) atoms. The summed E-state index contributed by atoms with van der Waals surface area (Å²) in [4.78, 5) is 13.9. The molecule has 0 spiro atoms.